The van der Waals surface area contributed by atoms with Gasteiger partial charge < -0.3 is 14.6 Å². The van der Waals surface area contributed by atoms with Crippen LogP contribution < -0.4 is 5.32 Å². The van der Waals surface area contributed by atoms with E-state index in [4.69, 9.17) is 4.42 Å². The maximum atomic E-state index is 14.3. The lowest BCUT2D eigenvalue weighted by molar-refractivity contribution is -0.145. The van der Waals surface area contributed by atoms with Gasteiger partial charge in [0.1, 0.15) is 24.2 Å². The third-order valence-corrected chi connectivity index (χ3v) is 8.20. The van der Waals surface area contributed by atoms with Gasteiger partial charge in [0.05, 0.1) is 0 Å². The standard InChI is InChI=1S/C35H36FN7O3/c1-25-12-17-31(46-25)34-38-40-42(39-34)24-32(44)43(30-18-20-41(21-19-30)23-27-10-6-3-7-11-27)33(28-13-15-29(36)16-14-28)35(45)37-22-26-8-4-2-5-9-26/h2-17,30,33H,18-24H2,1H3,(H,37,45)/t33-/m1/s1. The van der Waals surface area contributed by atoms with Crippen molar-refractivity contribution in [1.29, 1.82) is 0 Å². The molecule has 46 heavy (non-hydrogen) atoms. The van der Waals surface area contributed by atoms with Crippen molar-refractivity contribution in [2.24, 2.45) is 0 Å². The molecule has 10 nitrogen and oxygen atoms in total. The van der Waals surface area contributed by atoms with E-state index in [1.807, 2.05) is 55.5 Å². The van der Waals surface area contributed by atoms with E-state index in [2.05, 4.69) is 37.8 Å². The van der Waals surface area contributed by atoms with Crippen molar-refractivity contribution in [2.45, 2.75) is 51.5 Å². The number of aryl methyl sites for hydroxylation is 1. The minimum atomic E-state index is -1.00. The number of carbonyl (C=O) groups is 2. The second-order valence-electron chi connectivity index (χ2n) is 11.5. The van der Waals surface area contributed by atoms with Crippen LogP contribution in [0.2, 0.25) is 0 Å². The van der Waals surface area contributed by atoms with Gasteiger partial charge in [-0.2, -0.15) is 4.80 Å². The van der Waals surface area contributed by atoms with Gasteiger partial charge in [0, 0.05) is 32.2 Å². The SMILES string of the molecule is Cc1ccc(-c2nnn(CC(=O)N(C3CCN(Cc4ccccc4)CC3)[C@@H](C(=O)NCc3ccccc3)c3ccc(F)cc3)n2)o1. The van der Waals surface area contributed by atoms with Crippen molar-refractivity contribution in [3.05, 3.63) is 125 Å². The summed E-state index contributed by atoms with van der Waals surface area (Å²) in [5.41, 5.74) is 2.66. The van der Waals surface area contributed by atoms with Gasteiger partial charge in [-0.3, -0.25) is 14.5 Å². The number of likely N-dealkylation sites (tertiary alicyclic amines) is 1. The van der Waals surface area contributed by atoms with Gasteiger partial charge in [0.25, 0.3) is 0 Å². The van der Waals surface area contributed by atoms with Gasteiger partial charge in [-0.15, -0.1) is 10.2 Å². The van der Waals surface area contributed by atoms with Crippen molar-refractivity contribution in [3.8, 4) is 11.6 Å². The Morgan fingerprint density at radius 3 is 2.26 bits per heavy atom. The number of nitrogens with zero attached hydrogens (tertiary/aromatic N) is 6. The normalized spacial score (nSPS) is 14.6. The maximum Gasteiger partial charge on any atom is 0.247 e. The maximum absolute atomic E-state index is 14.3. The van der Waals surface area contributed by atoms with Crippen LogP contribution in [-0.2, 0) is 29.2 Å². The zero-order chi connectivity index (χ0) is 31.9. The molecule has 0 saturated carbocycles. The number of hydrogen-bond acceptors (Lipinski definition) is 7. The molecule has 2 amide bonds. The van der Waals surface area contributed by atoms with Crippen LogP contribution in [0.15, 0.2) is 101 Å². The molecule has 6 rings (SSSR count). The van der Waals surface area contributed by atoms with Crippen LogP contribution in [0.25, 0.3) is 11.6 Å². The van der Waals surface area contributed by atoms with Crippen LogP contribution in [0.1, 0.15) is 41.3 Å². The molecule has 0 spiro atoms. The summed E-state index contributed by atoms with van der Waals surface area (Å²) in [6.45, 7) is 4.16. The van der Waals surface area contributed by atoms with Gasteiger partial charge in [-0.05, 0) is 65.9 Å². The van der Waals surface area contributed by atoms with E-state index < -0.39 is 11.9 Å². The summed E-state index contributed by atoms with van der Waals surface area (Å²) in [7, 11) is 0. The fourth-order valence-electron chi connectivity index (χ4n) is 5.89. The molecular weight excluding hydrogens is 585 g/mol. The average molecular weight is 622 g/mol. The first-order chi connectivity index (χ1) is 22.4. The summed E-state index contributed by atoms with van der Waals surface area (Å²) in [4.78, 5) is 33.6. The van der Waals surface area contributed by atoms with Crippen molar-refractivity contribution >= 4 is 11.8 Å². The predicted molar refractivity (Wildman–Crippen MR) is 169 cm³/mol. The highest BCUT2D eigenvalue weighted by molar-refractivity contribution is 5.89. The highest BCUT2D eigenvalue weighted by Crippen LogP contribution is 2.30. The second-order valence-corrected chi connectivity index (χ2v) is 11.5. The third-order valence-electron chi connectivity index (χ3n) is 8.20. The molecule has 3 heterocycles. The molecule has 11 heteroatoms. The lowest BCUT2D eigenvalue weighted by Gasteiger charge is -2.42. The van der Waals surface area contributed by atoms with Gasteiger partial charge in [-0.25, -0.2) is 4.39 Å². The number of amides is 2. The number of rotatable bonds is 11. The van der Waals surface area contributed by atoms with Gasteiger partial charge >= 0.3 is 0 Å². The molecule has 3 aromatic carbocycles. The monoisotopic (exact) mass is 621 g/mol. The Bertz CT molecular complexity index is 1730. The number of hydrogen-bond donors (Lipinski definition) is 1. The summed E-state index contributed by atoms with van der Waals surface area (Å²) in [6.07, 6.45) is 1.31. The molecule has 1 atom stereocenters. The largest absolute Gasteiger partial charge is 0.458 e. The van der Waals surface area contributed by atoms with Crippen LogP contribution in [0, 0.1) is 12.7 Å². The Kier molecular flexibility index (Phi) is 9.59. The average Bonchev–Trinajstić information content (AvgIpc) is 3.73. The molecule has 2 aromatic heterocycles. The van der Waals surface area contributed by atoms with Crippen molar-refractivity contribution in [1.82, 2.24) is 35.3 Å². The number of benzene rings is 3. The molecule has 236 valence electrons. The van der Waals surface area contributed by atoms with E-state index in [0.717, 1.165) is 25.2 Å². The minimum Gasteiger partial charge on any atom is -0.458 e. The Morgan fingerprint density at radius 1 is 0.935 bits per heavy atom. The Morgan fingerprint density at radius 2 is 1.61 bits per heavy atom. The predicted octanol–water partition coefficient (Wildman–Crippen LogP) is 4.93. The van der Waals surface area contributed by atoms with Crippen LogP contribution >= 0.6 is 0 Å². The molecule has 0 bridgehead atoms. The molecule has 1 fully saturated rings. The summed E-state index contributed by atoms with van der Waals surface area (Å²) in [6, 6.07) is 27.9. The van der Waals surface area contributed by atoms with Gasteiger partial charge in [-0.1, -0.05) is 72.8 Å². The molecular formula is C35H36FN7O3. The van der Waals surface area contributed by atoms with E-state index in [0.29, 0.717) is 29.9 Å². The fraction of sp³-hybridized carbons (Fsp3) is 0.286. The number of aromatic nitrogens is 4. The number of nitrogens with one attached hydrogen (secondary N) is 1. The first kappa shape index (κ1) is 30.8. The van der Waals surface area contributed by atoms with E-state index in [1.54, 1.807) is 29.2 Å². The van der Waals surface area contributed by atoms with E-state index in [-0.39, 0.29) is 36.8 Å². The molecule has 1 aliphatic heterocycles. The number of halogens is 1. The van der Waals surface area contributed by atoms with E-state index in [9.17, 15) is 14.0 Å². The molecule has 0 aliphatic carbocycles. The first-order valence-corrected chi connectivity index (χ1v) is 15.4. The lowest BCUT2D eigenvalue weighted by Crippen LogP contribution is -2.53. The highest BCUT2D eigenvalue weighted by Gasteiger charge is 2.38. The quantitative estimate of drug-likeness (QED) is 0.223. The highest BCUT2D eigenvalue weighted by atomic mass is 19.1. The Hall–Kier alpha value is -5.16. The Balaban J connectivity index is 1.28. The van der Waals surface area contributed by atoms with Crippen LogP contribution in [-0.4, -0.2) is 61.0 Å². The summed E-state index contributed by atoms with van der Waals surface area (Å²) >= 11 is 0. The molecule has 1 saturated heterocycles. The molecule has 5 aromatic rings. The zero-order valence-electron chi connectivity index (χ0n) is 25.6. The minimum absolute atomic E-state index is 0.236. The summed E-state index contributed by atoms with van der Waals surface area (Å²) in [5.74, 6) is 0.294. The second kappa shape index (κ2) is 14.3. The summed E-state index contributed by atoms with van der Waals surface area (Å²) < 4.78 is 19.7. The summed E-state index contributed by atoms with van der Waals surface area (Å²) in [5, 5.41) is 15.6. The number of furan rings is 1. The van der Waals surface area contributed by atoms with Gasteiger partial charge in [0.2, 0.25) is 17.6 Å². The smallest absolute Gasteiger partial charge is 0.247 e. The molecule has 1 N–H and O–H groups in total. The molecule has 0 radical (unpaired) electrons. The third kappa shape index (κ3) is 7.55. The van der Waals surface area contributed by atoms with Gasteiger partial charge in [0.15, 0.2) is 5.76 Å². The lowest BCUT2D eigenvalue weighted by atomic mass is 9.96. The van der Waals surface area contributed by atoms with Crippen LogP contribution in [0.4, 0.5) is 4.39 Å². The first-order valence-electron chi connectivity index (χ1n) is 15.4. The number of tetrazole rings is 1. The fourth-order valence-corrected chi connectivity index (χ4v) is 5.89. The van der Waals surface area contributed by atoms with Crippen LogP contribution in [0.5, 0.6) is 0 Å². The molecule has 0 unspecified atom stereocenters. The Labute approximate surface area is 266 Å². The van der Waals surface area contributed by atoms with E-state index in [1.165, 1.54) is 22.5 Å². The van der Waals surface area contributed by atoms with Crippen LogP contribution in [0.3, 0.4) is 0 Å². The zero-order valence-corrected chi connectivity index (χ0v) is 25.6. The number of piperidine rings is 1. The van der Waals surface area contributed by atoms with Crippen molar-refractivity contribution in [2.75, 3.05) is 13.1 Å². The van der Waals surface area contributed by atoms with Crippen molar-refractivity contribution < 1.29 is 18.4 Å². The van der Waals surface area contributed by atoms with E-state index >= 15 is 0 Å². The molecule has 1 aliphatic rings. The van der Waals surface area contributed by atoms with Crippen molar-refractivity contribution in [3.63, 3.8) is 0 Å². The topological polar surface area (TPSA) is 109 Å². The number of carbonyl (C=O) groups excluding carboxylic acids is 2.